The molecule has 0 amide bonds. The monoisotopic (exact) mass is 287 g/mol. The lowest BCUT2D eigenvalue weighted by atomic mass is 10.1. The summed E-state index contributed by atoms with van der Waals surface area (Å²) < 4.78 is 0. The standard InChI is InChI=1S/C16H18ClN3/c1-12(15-11-13(17)9-10-16(15)18-2)19-20(3)14-7-5-4-6-8-14/h4-11,18H,1-3H3/b19-12+. The van der Waals surface area contributed by atoms with Gasteiger partial charge in [0.05, 0.1) is 11.4 Å². The van der Waals surface area contributed by atoms with Crippen LogP contribution < -0.4 is 10.3 Å². The first kappa shape index (κ1) is 14.4. The molecule has 0 saturated carbocycles. The van der Waals surface area contributed by atoms with E-state index in [0.717, 1.165) is 22.6 Å². The highest BCUT2D eigenvalue weighted by Gasteiger charge is 2.07. The maximum Gasteiger partial charge on any atom is 0.0672 e. The lowest BCUT2D eigenvalue weighted by molar-refractivity contribution is 1.01. The Hall–Kier alpha value is -2.00. The van der Waals surface area contributed by atoms with Crippen LogP contribution in [-0.2, 0) is 0 Å². The molecule has 4 heteroatoms. The molecule has 0 radical (unpaired) electrons. The minimum absolute atomic E-state index is 0.705. The lowest BCUT2D eigenvalue weighted by Gasteiger charge is -2.16. The molecule has 0 bridgehead atoms. The first-order valence-electron chi connectivity index (χ1n) is 6.43. The number of para-hydroxylation sites is 1. The van der Waals surface area contributed by atoms with Gasteiger partial charge in [-0.05, 0) is 37.3 Å². The fourth-order valence-corrected chi connectivity index (χ4v) is 2.19. The molecule has 0 aliphatic carbocycles. The Bertz CT molecular complexity index is 608. The molecule has 0 heterocycles. The zero-order valence-corrected chi connectivity index (χ0v) is 12.6. The average Bonchev–Trinajstić information content (AvgIpc) is 2.48. The number of nitrogens with one attached hydrogen (secondary N) is 1. The average molecular weight is 288 g/mol. The Kier molecular flexibility index (Phi) is 4.64. The van der Waals surface area contributed by atoms with E-state index in [-0.39, 0.29) is 0 Å². The predicted molar refractivity (Wildman–Crippen MR) is 88.1 cm³/mol. The van der Waals surface area contributed by atoms with Crippen molar-refractivity contribution in [1.29, 1.82) is 0 Å². The molecule has 0 spiro atoms. The van der Waals surface area contributed by atoms with Crippen molar-refractivity contribution in [2.75, 3.05) is 24.4 Å². The fourth-order valence-electron chi connectivity index (χ4n) is 2.01. The number of rotatable bonds is 4. The molecule has 0 aromatic heterocycles. The van der Waals surface area contributed by atoms with E-state index in [1.54, 1.807) is 0 Å². The molecule has 0 atom stereocenters. The van der Waals surface area contributed by atoms with Gasteiger partial charge in [0.1, 0.15) is 0 Å². The number of halogens is 1. The van der Waals surface area contributed by atoms with E-state index >= 15 is 0 Å². The maximum absolute atomic E-state index is 6.08. The summed E-state index contributed by atoms with van der Waals surface area (Å²) in [5.74, 6) is 0. The van der Waals surface area contributed by atoms with E-state index in [0.29, 0.717) is 5.02 Å². The van der Waals surface area contributed by atoms with Crippen LogP contribution >= 0.6 is 11.6 Å². The van der Waals surface area contributed by atoms with Crippen LogP contribution in [0, 0.1) is 0 Å². The summed E-state index contributed by atoms with van der Waals surface area (Å²) in [6.07, 6.45) is 0. The Morgan fingerprint density at radius 1 is 1.15 bits per heavy atom. The molecule has 0 unspecified atom stereocenters. The minimum Gasteiger partial charge on any atom is -0.388 e. The maximum atomic E-state index is 6.08. The second kappa shape index (κ2) is 6.44. The van der Waals surface area contributed by atoms with E-state index < -0.39 is 0 Å². The Labute approximate surface area is 124 Å². The van der Waals surface area contributed by atoms with Crippen molar-refractivity contribution in [3.05, 3.63) is 59.1 Å². The van der Waals surface area contributed by atoms with Gasteiger partial charge >= 0.3 is 0 Å². The molecular formula is C16H18ClN3. The molecule has 0 aliphatic heterocycles. The summed E-state index contributed by atoms with van der Waals surface area (Å²) in [5, 5.41) is 10.3. The fraction of sp³-hybridized carbons (Fsp3) is 0.188. The molecule has 1 N–H and O–H groups in total. The van der Waals surface area contributed by atoms with Gasteiger partial charge in [0, 0.05) is 30.4 Å². The smallest absolute Gasteiger partial charge is 0.0672 e. The summed E-state index contributed by atoms with van der Waals surface area (Å²) >= 11 is 6.08. The van der Waals surface area contributed by atoms with Crippen molar-refractivity contribution in [3.8, 4) is 0 Å². The van der Waals surface area contributed by atoms with E-state index in [2.05, 4.69) is 10.4 Å². The highest BCUT2D eigenvalue weighted by atomic mass is 35.5. The van der Waals surface area contributed by atoms with Gasteiger partial charge in [-0.2, -0.15) is 5.10 Å². The van der Waals surface area contributed by atoms with Crippen LogP contribution in [0.3, 0.4) is 0 Å². The van der Waals surface area contributed by atoms with Crippen LogP contribution in [0.15, 0.2) is 53.6 Å². The Morgan fingerprint density at radius 2 is 1.85 bits per heavy atom. The van der Waals surface area contributed by atoms with Crippen molar-refractivity contribution in [3.63, 3.8) is 0 Å². The van der Waals surface area contributed by atoms with Gasteiger partial charge in [-0.25, -0.2) is 0 Å². The quantitative estimate of drug-likeness (QED) is 0.673. The second-order valence-electron chi connectivity index (χ2n) is 4.48. The highest BCUT2D eigenvalue weighted by Crippen LogP contribution is 2.22. The Morgan fingerprint density at radius 3 is 2.50 bits per heavy atom. The Balaban J connectivity index is 2.33. The summed E-state index contributed by atoms with van der Waals surface area (Å²) in [6, 6.07) is 15.8. The molecule has 20 heavy (non-hydrogen) atoms. The van der Waals surface area contributed by atoms with Crippen molar-refractivity contribution >= 4 is 28.7 Å². The second-order valence-corrected chi connectivity index (χ2v) is 4.92. The third kappa shape index (κ3) is 3.31. The summed E-state index contributed by atoms with van der Waals surface area (Å²) in [4.78, 5) is 0. The molecule has 104 valence electrons. The lowest BCUT2D eigenvalue weighted by Crippen LogP contribution is -2.13. The van der Waals surface area contributed by atoms with Crippen LogP contribution in [0.2, 0.25) is 5.02 Å². The van der Waals surface area contributed by atoms with E-state index in [9.17, 15) is 0 Å². The van der Waals surface area contributed by atoms with Crippen LogP contribution in [0.25, 0.3) is 0 Å². The molecule has 2 rings (SSSR count). The van der Waals surface area contributed by atoms with Crippen LogP contribution in [0.5, 0.6) is 0 Å². The molecule has 0 fully saturated rings. The van der Waals surface area contributed by atoms with Gasteiger partial charge < -0.3 is 5.32 Å². The zero-order valence-electron chi connectivity index (χ0n) is 11.9. The number of hydrogen-bond donors (Lipinski definition) is 1. The largest absolute Gasteiger partial charge is 0.388 e. The van der Waals surface area contributed by atoms with Gasteiger partial charge in [-0.1, -0.05) is 29.8 Å². The number of nitrogens with zero attached hydrogens (tertiary/aromatic N) is 2. The first-order chi connectivity index (χ1) is 9.61. The van der Waals surface area contributed by atoms with Crippen LogP contribution in [0.4, 0.5) is 11.4 Å². The van der Waals surface area contributed by atoms with Gasteiger partial charge in [0.25, 0.3) is 0 Å². The summed E-state index contributed by atoms with van der Waals surface area (Å²) in [7, 11) is 3.82. The third-order valence-electron chi connectivity index (χ3n) is 3.07. The van der Waals surface area contributed by atoms with Gasteiger partial charge in [0.2, 0.25) is 0 Å². The number of anilines is 2. The first-order valence-corrected chi connectivity index (χ1v) is 6.81. The molecule has 0 saturated heterocycles. The van der Waals surface area contributed by atoms with Crippen molar-refractivity contribution < 1.29 is 0 Å². The molecule has 2 aromatic rings. The van der Waals surface area contributed by atoms with Gasteiger partial charge in [0.15, 0.2) is 0 Å². The molecular weight excluding hydrogens is 270 g/mol. The highest BCUT2D eigenvalue weighted by molar-refractivity contribution is 6.31. The van der Waals surface area contributed by atoms with E-state index in [1.165, 1.54) is 0 Å². The SMILES string of the molecule is CNc1ccc(Cl)cc1/C(C)=N/N(C)c1ccccc1. The van der Waals surface area contributed by atoms with Crippen LogP contribution in [-0.4, -0.2) is 19.8 Å². The van der Waals surface area contributed by atoms with Crippen molar-refractivity contribution in [2.24, 2.45) is 5.10 Å². The number of benzene rings is 2. The number of hydrogen-bond acceptors (Lipinski definition) is 3. The van der Waals surface area contributed by atoms with Crippen molar-refractivity contribution in [1.82, 2.24) is 0 Å². The predicted octanol–water partition coefficient (Wildman–Crippen LogP) is 4.24. The van der Waals surface area contributed by atoms with Crippen molar-refractivity contribution in [2.45, 2.75) is 6.92 Å². The number of hydrazone groups is 1. The van der Waals surface area contributed by atoms with E-state index in [1.807, 2.05) is 74.6 Å². The molecule has 3 nitrogen and oxygen atoms in total. The summed E-state index contributed by atoms with van der Waals surface area (Å²) in [5.41, 5.74) is 3.96. The summed E-state index contributed by atoms with van der Waals surface area (Å²) in [6.45, 7) is 1.98. The topological polar surface area (TPSA) is 27.6 Å². The van der Waals surface area contributed by atoms with E-state index in [4.69, 9.17) is 11.6 Å². The van der Waals surface area contributed by atoms with Gasteiger partial charge in [-0.15, -0.1) is 0 Å². The normalized spacial score (nSPS) is 11.3. The minimum atomic E-state index is 0.705. The zero-order chi connectivity index (χ0) is 14.5. The molecule has 2 aromatic carbocycles. The van der Waals surface area contributed by atoms with Crippen LogP contribution in [0.1, 0.15) is 12.5 Å². The molecule has 0 aliphatic rings. The van der Waals surface area contributed by atoms with Gasteiger partial charge in [-0.3, -0.25) is 5.01 Å². The third-order valence-corrected chi connectivity index (χ3v) is 3.31.